The summed E-state index contributed by atoms with van der Waals surface area (Å²) in [4.78, 5) is 20.8. The maximum atomic E-state index is 4.76. The number of fused-ring (bicyclic) bond motifs is 8. The van der Waals surface area contributed by atoms with Crippen LogP contribution < -0.4 is 0 Å². The molecule has 6 rings (SSSR count). The van der Waals surface area contributed by atoms with E-state index in [1.54, 1.807) is 0 Å². The summed E-state index contributed by atoms with van der Waals surface area (Å²) in [6.07, 6.45) is 9.93. The van der Waals surface area contributed by atoms with Crippen LogP contribution in [0.1, 0.15) is 28.5 Å². The molecule has 6 heterocycles. The van der Waals surface area contributed by atoms with E-state index in [1.807, 2.05) is 55.6 Å². The van der Waals surface area contributed by atoms with Crippen LogP contribution >= 0.6 is 0 Å². The lowest BCUT2D eigenvalue weighted by Crippen LogP contribution is -1.82. The molecule has 0 saturated heterocycles. The Morgan fingerprint density at radius 3 is 2.03 bits per heavy atom. The van der Waals surface area contributed by atoms with Crippen LogP contribution in [0.3, 0.4) is 0 Å². The number of aromatic nitrogens is 5. The van der Waals surface area contributed by atoms with Gasteiger partial charge in [-0.05, 0) is 91.4 Å². The summed E-state index contributed by atoms with van der Waals surface area (Å²) in [6, 6.07) is 18.7. The van der Waals surface area contributed by atoms with E-state index in [0.717, 1.165) is 61.7 Å². The Hall–Kier alpha value is -4.25. The van der Waals surface area contributed by atoms with E-state index in [9.17, 15) is 0 Å². The van der Waals surface area contributed by atoms with Gasteiger partial charge >= 0.3 is 0 Å². The van der Waals surface area contributed by atoms with Gasteiger partial charge in [-0.25, -0.2) is 9.97 Å². The highest BCUT2D eigenvalue weighted by Gasteiger charge is 2.07. The molecule has 0 amide bonds. The normalized spacial score (nSPS) is 12.4. The second kappa shape index (κ2) is 6.92. The van der Waals surface area contributed by atoms with Crippen LogP contribution in [0.15, 0.2) is 60.8 Å². The fourth-order valence-electron chi connectivity index (χ4n) is 3.97. The zero-order chi connectivity index (χ0) is 20.8. The third-order valence-corrected chi connectivity index (χ3v) is 5.38. The minimum absolute atomic E-state index is 0.893. The maximum Gasteiger partial charge on any atom is 0.0659 e. The van der Waals surface area contributed by atoms with Crippen molar-refractivity contribution >= 4 is 46.4 Å². The van der Waals surface area contributed by atoms with Crippen molar-refractivity contribution in [3.8, 4) is 11.1 Å². The van der Waals surface area contributed by atoms with Crippen molar-refractivity contribution in [2.45, 2.75) is 6.92 Å². The fourth-order valence-corrected chi connectivity index (χ4v) is 3.97. The van der Waals surface area contributed by atoms with Crippen molar-refractivity contribution < 1.29 is 0 Å². The number of H-pyrrole nitrogens is 2. The van der Waals surface area contributed by atoms with Crippen LogP contribution in [0.4, 0.5) is 0 Å². The standard InChI is InChI=1S/C26H19N5/c1-16-10-17(8-9-27-16)25-14-24-13-22-5-4-20(29-22)11-18-2-3-19(28-18)12-21-6-7-23(30-21)15-26(25)31-24/h2-15,29,31H,1H3. The first-order valence-electron chi connectivity index (χ1n) is 10.2. The second-order valence-corrected chi connectivity index (χ2v) is 7.77. The lowest BCUT2D eigenvalue weighted by molar-refractivity contribution is 1.20. The molecular weight excluding hydrogens is 382 g/mol. The Balaban J connectivity index is 1.68. The number of rotatable bonds is 1. The van der Waals surface area contributed by atoms with Gasteiger partial charge in [0, 0.05) is 39.5 Å². The van der Waals surface area contributed by atoms with Gasteiger partial charge in [-0.2, -0.15) is 0 Å². The van der Waals surface area contributed by atoms with Crippen LogP contribution in [-0.4, -0.2) is 24.9 Å². The predicted molar refractivity (Wildman–Crippen MR) is 127 cm³/mol. The Kier molecular flexibility index (Phi) is 3.93. The number of aryl methyl sites for hydroxylation is 1. The van der Waals surface area contributed by atoms with Crippen molar-refractivity contribution in [3.63, 3.8) is 0 Å². The molecule has 0 fully saturated rings. The van der Waals surface area contributed by atoms with Gasteiger partial charge in [0.05, 0.1) is 22.8 Å². The molecule has 5 heteroatoms. The average molecular weight is 401 g/mol. The van der Waals surface area contributed by atoms with Crippen molar-refractivity contribution in [3.05, 3.63) is 89.3 Å². The highest BCUT2D eigenvalue weighted by atomic mass is 14.8. The Bertz CT molecular complexity index is 1550. The fraction of sp³-hybridized carbons (Fsp3) is 0.0385. The summed E-state index contributed by atoms with van der Waals surface area (Å²) in [5.74, 6) is 0. The SMILES string of the molecule is Cc1cc(-c2cc3cc4ccc(cc5nc(cc6nc(cc2[nH]3)C=C6)C=C5)[nH]4)ccn1. The molecule has 0 saturated carbocycles. The van der Waals surface area contributed by atoms with Crippen LogP contribution in [0, 0.1) is 6.92 Å². The highest BCUT2D eigenvalue weighted by Crippen LogP contribution is 2.27. The number of hydrogen-bond donors (Lipinski definition) is 2. The van der Waals surface area contributed by atoms with Gasteiger partial charge in [0.2, 0.25) is 0 Å². The summed E-state index contributed by atoms with van der Waals surface area (Å²) in [5.41, 5.74) is 10.9. The van der Waals surface area contributed by atoms with E-state index in [1.165, 1.54) is 0 Å². The topological polar surface area (TPSA) is 70.2 Å². The van der Waals surface area contributed by atoms with E-state index in [-0.39, 0.29) is 0 Å². The van der Waals surface area contributed by atoms with E-state index < -0.39 is 0 Å². The molecule has 0 atom stereocenters. The molecule has 2 aliphatic rings. The van der Waals surface area contributed by atoms with Crippen LogP contribution in [0.25, 0.3) is 57.5 Å². The number of aromatic amines is 2. The smallest absolute Gasteiger partial charge is 0.0659 e. The zero-order valence-corrected chi connectivity index (χ0v) is 16.9. The van der Waals surface area contributed by atoms with Crippen LogP contribution in [0.5, 0.6) is 0 Å². The van der Waals surface area contributed by atoms with Gasteiger partial charge in [-0.15, -0.1) is 0 Å². The van der Waals surface area contributed by atoms with Crippen LogP contribution in [0.2, 0.25) is 0 Å². The van der Waals surface area contributed by atoms with Crippen LogP contribution in [-0.2, 0) is 0 Å². The van der Waals surface area contributed by atoms with Crippen molar-refractivity contribution in [2.75, 3.05) is 0 Å². The van der Waals surface area contributed by atoms with Gasteiger partial charge in [0.25, 0.3) is 0 Å². The Morgan fingerprint density at radius 1 is 0.613 bits per heavy atom. The molecule has 2 N–H and O–H groups in total. The second-order valence-electron chi connectivity index (χ2n) is 7.77. The number of pyridine rings is 1. The van der Waals surface area contributed by atoms with Crippen molar-refractivity contribution in [1.29, 1.82) is 0 Å². The summed E-state index contributed by atoms with van der Waals surface area (Å²) >= 11 is 0. The van der Waals surface area contributed by atoms with Gasteiger partial charge in [-0.1, -0.05) is 0 Å². The molecule has 5 nitrogen and oxygen atoms in total. The third kappa shape index (κ3) is 3.46. The highest BCUT2D eigenvalue weighted by molar-refractivity contribution is 5.88. The molecule has 0 aromatic carbocycles. The molecular formula is C26H19N5. The van der Waals surface area contributed by atoms with E-state index in [4.69, 9.17) is 4.98 Å². The molecule has 31 heavy (non-hydrogen) atoms. The third-order valence-electron chi connectivity index (χ3n) is 5.38. The number of hydrogen-bond acceptors (Lipinski definition) is 3. The number of nitrogens with one attached hydrogen (secondary N) is 2. The van der Waals surface area contributed by atoms with Gasteiger partial charge in [0.1, 0.15) is 0 Å². The Morgan fingerprint density at radius 2 is 1.29 bits per heavy atom. The molecule has 0 aliphatic carbocycles. The van der Waals surface area contributed by atoms with E-state index in [2.05, 4.69) is 56.3 Å². The Labute approximate surface area is 178 Å². The average Bonchev–Trinajstić information content (AvgIpc) is 3.53. The predicted octanol–water partition coefficient (Wildman–Crippen LogP) is 6.03. The lowest BCUT2D eigenvalue weighted by Gasteiger charge is -1.99. The summed E-state index contributed by atoms with van der Waals surface area (Å²) in [7, 11) is 0. The summed E-state index contributed by atoms with van der Waals surface area (Å²) < 4.78 is 0. The van der Waals surface area contributed by atoms with Crippen molar-refractivity contribution in [1.82, 2.24) is 24.9 Å². The first kappa shape index (κ1) is 17.6. The molecule has 4 aromatic rings. The molecule has 8 bridgehead atoms. The summed E-state index contributed by atoms with van der Waals surface area (Å²) in [5, 5.41) is 0. The molecule has 0 unspecified atom stereocenters. The largest absolute Gasteiger partial charge is 0.355 e. The van der Waals surface area contributed by atoms with Gasteiger partial charge < -0.3 is 9.97 Å². The molecule has 4 aromatic heterocycles. The van der Waals surface area contributed by atoms with Gasteiger partial charge in [-0.3, -0.25) is 4.98 Å². The zero-order valence-electron chi connectivity index (χ0n) is 16.9. The van der Waals surface area contributed by atoms with Crippen molar-refractivity contribution in [2.24, 2.45) is 0 Å². The molecule has 0 radical (unpaired) electrons. The minimum Gasteiger partial charge on any atom is -0.355 e. The maximum absolute atomic E-state index is 4.76. The van der Waals surface area contributed by atoms with Gasteiger partial charge in [0.15, 0.2) is 0 Å². The summed E-state index contributed by atoms with van der Waals surface area (Å²) in [6.45, 7) is 2.01. The monoisotopic (exact) mass is 401 g/mol. The number of nitrogens with zero attached hydrogens (tertiary/aromatic N) is 3. The molecule has 148 valence electrons. The lowest BCUT2D eigenvalue weighted by atomic mass is 10.1. The first-order valence-corrected chi connectivity index (χ1v) is 10.2. The first-order chi connectivity index (χ1) is 15.2. The molecule has 2 aliphatic heterocycles. The van der Waals surface area contributed by atoms with E-state index >= 15 is 0 Å². The molecule has 0 spiro atoms. The minimum atomic E-state index is 0.893. The van der Waals surface area contributed by atoms with E-state index in [0.29, 0.717) is 0 Å². The quantitative estimate of drug-likeness (QED) is 0.354.